The van der Waals surface area contributed by atoms with E-state index in [0.717, 1.165) is 0 Å². The summed E-state index contributed by atoms with van der Waals surface area (Å²) in [6.07, 6.45) is 18.4. The second-order valence-corrected chi connectivity index (χ2v) is 6.17. The Morgan fingerprint density at radius 2 is 1.94 bits per heavy atom. The van der Waals surface area contributed by atoms with Crippen LogP contribution in [0.25, 0.3) is 0 Å². The summed E-state index contributed by atoms with van der Waals surface area (Å²) in [4.78, 5) is 0. The van der Waals surface area contributed by atoms with Crippen LogP contribution in [0.5, 0.6) is 0 Å². The second kappa shape index (κ2) is 5.21. The average Bonchev–Trinajstić information content (AvgIpc) is 2.58. The first-order chi connectivity index (χ1) is 7.70. The predicted molar refractivity (Wildman–Crippen MR) is 71.4 cm³/mol. The highest BCUT2D eigenvalue weighted by Crippen LogP contribution is 2.42. The second-order valence-electron chi connectivity index (χ2n) is 6.17. The molecule has 0 spiro atoms. The molecule has 0 saturated carbocycles. The van der Waals surface area contributed by atoms with Crippen molar-refractivity contribution < 1.29 is 0 Å². The fourth-order valence-corrected chi connectivity index (χ4v) is 3.27. The fraction of sp³-hybridized carbons (Fsp3) is 0.750. The number of hydrogen-bond acceptors (Lipinski definition) is 0. The summed E-state index contributed by atoms with van der Waals surface area (Å²) in [5.74, 6) is 0.716. The van der Waals surface area contributed by atoms with Gasteiger partial charge >= 0.3 is 0 Å². The van der Waals surface area contributed by atoms with Gasteiger partial charge in [-0.2, -0.15) is 0 Å². The van der Waals surface area contributed by atoms with Gasteiger partial charge in [-0.25, -0.2) is 0 Å². The summed E-state index contributed by atoms with van der Waals surface area (Å²) in [6.45, 7) is 4.91. The molecule has 0 aromatic heterocycles. The monoisotopic (exact) mass is 218 g/mol. The van der Waals surface area contributed by atoms with E-state index < -0.39 is 0 Å². The molecule has 0 fully saturated rings. The Labute approximate surface area is 101 Å². The first-order valence-electron chi connectivity index (χ1n) is 7.06. The highest BCUT2D eigenvalue weighted by molar-refractivity contribution is 5.19. The van der Waals surface area contributed by atoms with Gasteiger partial charge in [0.2, 0.25) is 0 Å². The maximum Gasteiger partial charge on any atom is 0.00279 e. The van der Waals surface area contributed by atoms with Crippen molar-refractivity contribution in [3.63, 3.8) is 0 Å². The van der Waals surface area contributed by atoms with E-state index >= 15 is 0 Å². The Hall–Kier alpha value is -0.520. The van der Waals surface area contributed by atoms with E-state index in [9.17, 15) is 0 Å². The van der Waals surface area contributed by atoms with Crippen LogP contribution < -0.4 is 0 Å². The van der Waals surface area contributed by atoms with Crippen molar-refractivity contribution in [3.05, 3.63) is 23.8 Å². The van der Waals surface area contributed by atoms with Gasteiger partial charge in [-0.3, -0.25) is 0 Å². The minimum absolute atomic E-state index is 0.475. The zero-order chi connectivity index (χ0) is 11.4. The van der Waals surface area contributed by atoms with Gasteiger partial charge in [-0.15, -0.1) is 0 Å². The van der Waals surface area contributed by atoms with Crippen molar-refractivity contribution in [2.45, 2.75) is 65.2 Å². The van der Waals surface area contributed by atoms with Crippen LogP contribution in [-0.2, 0) is 0 Å². The summed E-state index contributed by atoms with van der Waals surface area (Å²) in [5, 5.41) is 0. The van der Waals surface area contributed by atoms with Crippen molar-refractivity contribution in [3.8, 4) is 0 Å². The lowest BCUT2D eigenvalue weighted by Gasteiger charge is -2.33. The molecule has 0 nitrogen and oxygen atoms in total. The highest BCUT2D eigenvalue weighted by Gasteiger charge is 2.30. The molecule has 1 unspecified atom stereocenters. The van der Waals surface area contributed by atoms with Gasteiger partial charge < -0.3 is 0 Å². The first-order valence-corrected chi connectivity index (χ1v) is 7.06. The van der Waals surface area contributed by atoms with E-state index in [1.54, 1.807) is 5.57 Å². The molecule has 1 atom stereocenters. The van der Waals surface area contributed by atoms with Crippen LogP contribution in [0.4, 0.5) is 0 Å². The zero-order valence-electron chi connectivity index (χ0n) is 11.0. The largest absolute Gasteiger partial charge is 0.0879 e. The molecule has 0 bridgehead atoms. The Morgan fingerprint density at radius 3 is 2.81 bits per heavy atom. The van der Waals surface area contributed by atoms with Crippen LogP contribution >= 0.6 is 0 Å². The van der Waals surface area contributed by atoms with Crippen LogP contribution in [0, 0.1) is 11.3 Å². The van der Waals surface area contributed by atoms with E-state index in [0.29, 0.717) is 11.3 Å². The molecule has 0 N–H and O–H groups in total. The maximum absolute atomic E-state index is 2.55. The summed E-state index contributed by atoms with van der Waals surface area (Å²) in [5.41, 5.74) is 2.21. The van der Waals surface area contributed by atoms with Gasteiger partial charge in [-0.05, 0) is 50.4 Å². The average molecular weight is 218 g/mol. The molecule has 0 heteroatoms. The molecular weight excluding hydrogens is 192 g/mol. The lowest BCUT2D eigenvalue weighted by atomic mass is 9.71. The van der Waals surface area contributed by atoms with E-state index in [1.165, 1.54) is 51.4 Å². The predicted octanol–water partition coefficient (Wildman–Crippen LogP) is 5.26. The molecule has 2 aliphatic carbocycles. The minimum atomic E-state index is 0.475. The Kier molecular flexibility index (Phi) is 3.89. The molecule has 0 aromatic rings. The third-order valence-electron chi connectivity index (χ3n) is 4.34. The van der Waals surface area contributed by atoms with Crippen molar-refractivity contribution in [1.29, 1.82) is 0 Å². The molecular formula is C16H26. The quantitative estimate of drug-likeness (QED) is 0.527. The van der Waals surface area contributed by atoms with Gasteiger partial charge in [0.25, 0.3) is 0 Å². The van der Waals surface area contributed by atoms with Crippen molar-refractivity contribution >= 4 is 0 Å². The summed E-state index contributed by atoms with van der Waals surface area (Å²) < 4.78 is 0. The topological polar surface area (TPSA) is 0 Å². The van der Waals surface area contributed by atoms with Crippen LogP contribution in [0.2, 0.25) is 0 Å². The van der Waals surface area contributed by atoms with E-state index in [2.05, 4.69) is 32.1 Å². The van der Waals surface area contributed by atoms with Gasteiger partial charge in [-0.1, -0.05) is 44.1 Å². The molecule has 0 saturated heterocycles. The summed E-state index contributed by atoms with van der Waals surface area (Å²) in [7, 11) is 0. The van der Waals surface area contributed by atoms with Crippen LogP contribution in [0.15, 0.2) is 23.8 Å². The molecule has 0 radical (unpaired) electrons. The molecule has 0 aliphatic heterocycles. The smallest absolute Gasteiger partial charge is 0.00279 e. The normalized spacial score (nSPS) is 30.4. The van der Waals surface area contributed by atoms with Gasteiger partial charge in [0, 0.05) is 5.92 Å². The van der Waals surface area contributed by atoms with E-state index in [4.69, 9.17) is 0 Å². The van der Waals surface area contributed by atoms with Crippen molar-refractivity contribution in [2.24, 2.45) is 11.3 Å². The third kappa shape index (κ3) is 2.78. The van der Waals surface area contributed by atoms with Crippen LogP contribution in [0.1, 0.15) is 65.2 Å². The first kappa shape index (κ1) is 12.0. The van der Waals surface area contributed by atoms with E-state index in [1.807, 2.05) is 0 Å². The standard InChI is InChI=1S/C16H26/c1-16(2)13-9-5-8-12-15(16)14-10-6-3-4-7-11-14/h8,10,12,15H,3-7,9,11,13H2,1-2H3. The molecule has 2 aliphatic rings. The maximum atomic E-state index is 2.55. The molecule has 90 valence electrons. The Morgan fingerprint density at radius 1 is 1.06 bits per heavy atom. The van der Waals surface area contributed by atoms with Crippen LogP contribution in [-0.4, -0.2) is 0 Å². The highest BCUT2D eigenvalue weighted by atomic mass is 14.4. The number of hydrogen-bond donors (Lipinski definition) is 0. The zero-order valence-corrected chi connectivity index (χ0v) is 11.0. The number of rotatable bonds is 1. The third-order valence-corrected chi connectivity index (χ3v) is 4.34. The van der Waals surface area contributed by atoms with E-state index in [-0.39, 0.29) is 0 Å². The summed E-state index contributed by atoms with van der Waals surface area (Å²) in [6, 6.07) is 0. The SMILES string of the molecule is CC1(C)CCCC=CC1C1=CCCCCC1. The molecule has 0 aromatic carbocycles. The fourth-order valence-electron chi connectivity index (χ4n) is 3.27. The molecule has 0 heterocycles. The Bertz CT molecular complexity index is 280. The number of allylic oxidation sites excluding steroid dienone is 4. The lowest BCUT2D eigenvalue weighted by molar-refractivity contribution is 0.263. The van der Waals surface area contributed by atoms with Crippen LogP contribution in [0.3, 0.4) is 0 Å². The van der Waals surface area contributed by atoms with Crippen molar-refractivity contribution in [1.82, 2.24) is 0 Å². The molecule has 16 heavy (non-hydrogen) atoms. The molecule has 0 amide bonds. The summed E-state index contributed by atoms with van der Waals surface area (Å²) >= 11 is 0. The van der Waals surface area contributed by atoms with Gasteiger partial charge in [0.05, 0.1) is 0 Å². The van der Waals surface area contributed by atoms with Crippen molar-refractivity contribution in [2.75, 3.05) is 0 Å². The Balaban J connectivity index is 2.18. The lowest BCUT2D eigenvalue weighted by Crippen LogP contribution is -2.23. The molecule has 2 rings (SSSR count). The van der Waals surface area contributed by atoms with Gasteiger partial charge in [0.15, 0.2) is 0 Å². The van der Waals surface area contributed by atoms with Gasteiger partial charge in [0.1, 0.15) is 0 Å². The minimum Gasteiger partial charge on any atom is -0.0879 e.